The Morgan fingerprint density at radius 1 is 1.21 bits per heavy atom. The van der Waals surface area contributed by atoms with Crippen molar-refractivity contribution in [3.05, 3.63) is 69.8 Å². The standard InChI is InChI=1S/C21H24N4O4/c1-29-20(16-8-4-2-5-9-16)21(26)23-22-15-17-14-18(25(27)28)10-11-19(17)24-12-6-3-7-13-24/h2,4-5,8-11,14-15,20H,3,6-7,12-13H2,1H3,(H,23,26)/b22-15-/t20-/m0/s1. The average molecular weight is 396 g/mol. The summed E-state index contributed by atoms with van der Waals surface area (Å²) in [5, 5.41) is 15.2. The third kappa shape index (κ3) is 5.17. The van der Waals surface area contributed by atoms with Crippen LogP contribution in [0.25, 0.3) is 0 Å². The fourth-order valence-electron chi connectivity index (χ4n) is 3.43. The Morgan fingerprint density at radius 3 is 2.59 bits per heavy atom. The minimum absolute atomic E-state index is 0.0161. The van der Waals surface area contributed by atoms with Crippen molar-refractivity contribution in [3.63, 3.8) is 0 Å². The fourth-order valence-corrected chi connectivity index (χ4v) is 3.43. The van der Waals surface area contributed by atoms with Gasteiger partial charge in [0.25, 0.3) is 11.6 Å². The number of nitro benzene ring substituents is 1. The van der Waals surface area contributed by atoms with Gasteiger partial charge >= 0.3 is 0 Å². The third-order valence-electron chi connectivity index (χ3n) is 4.87. The zero-order valence-corrected chi connectivity index (χ0v) is 16.3. The van der Waals surface area contributed by atoms with Crippen LogP contribution in [0.15, 0.2) is 53.6 Å². The number of non-ortho nitro benzene ring substituents is 1. The smallest absolute Gasteiger partial charge is 0.273 e. The monoisotopic (exact) mass is 396 g/mol. The summed E-state index contributed by atoms with van der Waals surface area (Å²) in [6.45, 7) is 1.79. The van der Waals surface area contributed by atoms with Crippen molar-refractivity contribution in [3.8, 4) is 0 Å². The highest BCUT2D eigenvalue weighted by molar-refractivity contribution is 5.90. The van der Waals surface area contributed by atoms with E-state index in [4.69, 9.17) is 4.74 Å². The zero-order valence-electron chi connectivity index (χ0n) is 16.3. The van der Waals surface area contributed by atoms with Crippen LogP contribution < -0.4 is 10.3 Å². The quantitative estimate of drug-likeness (QED) is 0.439. The molecule has 0 unspecified atom stereocenters. The summed E-state index contributed by atoms with van der Waals surface area (Å²) in [7, 11) is 1.45. The number of nitro groups is 1. The molecule has 0 aliphatic carbocycles. The summed E-state index contributed by atoms with van der Waals surface area (Å²) < 4.78 is 5.29. The van der Waals surface area contributed by atoms with Crippen molar-refractivity contribution < 1.29 is 14.5 Å². The second-order valence-corrected chi connectivity index (χ2v) is 6.81. The number of nitrogens with zero attached hydrogens (tertiary/aromatic N) is 3. The lowest BCUT2D eigenvalue weighted by Crippen LogP contribution is -2.30. The van der Waals surface area contributed by atoms with Crippen molar-refractivity contribution in [2.75, 3.05) is 25.1 Å². The number of ether oxygens (including phenoxy) is 1. The highest BCUT2D eigenvalue weighted by Gasteiger charge is 2.20. The molecule has 3 rings (SSSR count). The molecule has 0 aromatic heterocycles. The average Bonchev–Trinajstić information content (AvgIpc) is 2.75. The van der Waals surface area contributed by atoms with Gasteiger partial charge in [-0.3, -0.25) is 14.9 Å². The Labute approximate surface area is 169 Å². The molecular weight excluding hydrogens is 372 g/mol. The van der Waals surface area contributed by atoms with Gasteiger partial charge in [-0.15, -0.1) is 0 Å². The Balaban J connectivity index is 1.78. The van der Waals surface area contributed by atoms with E-state index in [9.17, 15) is 14.9 Å². The van der Waals surface area contributed by atoms with Gasteiger partial charge in [-0.05, 0) is 30.9 Å². The summed E-state index contributed by atoms with van der Waals surface area (Å²) in [5.41, 5.74) is 4.64. The molecule has 1 N–H and O–H groups in total. The second kappa shape index (κ2) is 9.79. The lowest BCUT2D eigenvalue weighted by molar-refractivity contribution is -0.384. The van der Waals surface area contributed by atoms with E-state index in [1.165, 1.54) is 31.9 Å². The van der Waals surface area contributed by atoms with E-state index in [1.54, 1.807) is 18.2 Å². The van der Waals surface area contributed by atoms with Crippen LogP contribution in [0.3, 0.4) is 0 Å². The number of amides is 1. The van der Waals surface area contributed by atoms with Crippen molar-refractivity contribution in [1.82, 2.24) is 5.43 Å². The van der Waals surface area contributed by atoms with Crippen LogP contribution in [0.1, 0.15) is 36.5 Å². The molecule has 8 nitrogen and oxygen atoms in total. The second-order valence-electron chi connectivity index (χ2n) is 6.81. The molecule has 0 spiro atoms. The van der Waals surface area contributed by atoms with Crippen LogP contribution in [0.4, 0.5) is 11.4 Å². The number of nitrogens with one attached hydrogen (secondary N) is 1. The first kappa shape index (κ1) is 20.5. The molecule has 1 saturated heterocycles. The summed E-state index contributed by atoms with van der Waals surface area (Å²) in [4.78, 5) is 25.4. The molecule has 1 fully saturated rings. The fraction of sp³-hybridized carbons (Fsp3) is 0.333. The first-order valence-electron chi connectivity index (χ1n) is 9.54. The number of carbonyl (C=O) groups is 1. The van der Waals surface area contributed by atoms with Crippen molar-refractivity contribution in [1.29, 1.82) is 0 Å². The van der Waals surface area contributed by atoms with E-state index in [2.05, 4.69) is 15.4 Å². The van der Waals surface area contributed by atoms with Crippen LogP contribution >= 0.6 is 0 Å². The van der Waals surface area contributed by atoms with E-state index >= 15 is 0 Å². The molecule has 2 aromatic carbocycles. The van der Waals surface area contributed by atoms with E-state index < -0.39 is 16.9 Å². The molecule has 1 atom stereocenters. The molecule has 2 aromatic rings. The predicted octanol–water partition coefficient (Wildman–Crippen LogP) is 3.42. The van der Waals surface area contributed by atoms with Gasteiger partial charge in [-0.25, -0.2) is 5.43 Å². The molecule has 1 aliphatic rings. The van der Waals surface area contributed by atoms with E-state index in [-0.39, 0.29) is 5.69 Å². The topological polar surface area (TPSA) is 97.1 Å². The molecule has 152 valence electrons. The largest absolute Gasteiger partial charge is 0.371 e. The van der Waals surface area contributed by atoms with Gasteiger partial charge < -0.3 is 9.64 Å². The van der Waals surface area contributed by atoms with E-state index in [0.29, 0.717) is 11.1 Å². The molecule has 0 bridgehead atoms. The highest BCUT2D eigenvalue weighted by atomic mass is 16.6. The number of rotatable bonds is 7. The number of hydrogen-bond donors (Lipinski definition) is 1. The number of anilines is 1. The maximum absolute atomic E-state index is 12.5. The summed E-state index contributed by atoms with van der Waals surface area (Å²) in [6.07, 6.45) is 4.00. The Morgan fingerprint density at radius 2 is 1.93 bits per heavy atom. The van der Waals surface area contributed by atoms with Crippen LogP contribution in [0.5, 0.6) is 0 Å². The molecule has 1 amide bonds. The number of carbonyl (C=O) groups excluding carboxylic acids is 1. The number of piperidine rings is 1. The van der Waals surface area contributed by atoms with Gasteiger partial charge in [0.1, 0.15) is 0 Å². The molecule has 29 heavy (non-hydrogen) atoms. The summed E-state index contributed by atoms with van der Waals surface area (Å²) >= 11 is 0. The van der Waals surface area contributed by atoms with Crippen LogP contribution in [-0.4, -0.2) is 37.2 Å². The number of hydrazone groups is 1. The number of benzene rings is 2. The number of methoxy groups -OCH3 is 1. The predicted molar refractivity (Wildman–Crippen MR) is 111 cm³/mol. The minimum Gasteiger partial charge on any atom is -0.371 e. The van der Waals surface area contributed by atoms with Gasteiger partial charge in [0.05, 0.1) is 11.1 Å². The minimum atomic E-state index is -0.792. The van der Waals surface area contributed by atoms with Crippen LogP contribution in [-0.2, 0) is 9.53 Å². The summed E-state index contributed by atoms with van der Waals surface area (Å²) in [5.74, 6) is -0.417. The molecule has 1 aliphatic heterocycles. The van der Waals surface area contributed by atoms with E-state index in [0.717, 1.165) is 31.6 Å². The maximum atomic E-state index is 12.5. The van der Waals surface area contributed by atoms with Crippen molar-refractivity contribution >= 4 is 23.5 Å². The van der Waals surface area contributed by atoms with E-state index in [1.807, 2.05) is 18.2 Å². The van der Waals surface area contributed by atoms with Crippen molar-refractivity contribution in [2.45, 2.75) is 25.4 Å². The maximum Gasteiger partial charge on any atom is 0.273 e. The SMILES string of the molecule is CO[C@H](C(=O)N/N=C\c1cc([N+](=O)[O-])ccc1N1CCCCC1)c1ccccc1. The summed E-state index contributed by atoms with van der Waals surface area (Å²) in [6, 6.07) is 13.8. The highest BCUT2D eigenvalue weighted by Crippen LogP contribution is 2.27. The van der Waals surface area contributed by atoms with Gasteiger partial charge in [0.15, 0.2) is 6.10 Å². The van der Waals surface area contributed by atoms with Gasteiger partial charge in [0, 0.05) is 43.6 Å². The Kier molecular flexibility index (Phi) is 6.91. The van der Waals surface area contributed by atoms with Gasteiger partial charge in [0.2, 0.25) is 0 Å². The first-order valence-corrected chi connectivity index (χ1v) is 9.54. The zero-order chi connectivity index (χ0) is 20.6. The lowest BCUT2D eigenvalue weighted by Gasteiger charge is -2.29. The Bertz CT molecular complexity index is 880. The lowest BCUT2D eigenvalue weighted by atomic mass is 10.1. The molecule has 0 radical (unpaired) electrons. The van der Waals surface area contributed by atoms with Gasteiger partial charge in [-0.1, -0.05) is 30.3 Å². The van der Waals surface area contributed by atoms with Crippen molar-refractivity contribution in [2.24, 2.45) is 5.10 Å². The first-order chi connectivity index (χ1) is 14.1. The van der Waals surface area contributed by atoms with Crippen LogP contribution in [0, 0.1) is 10.1 Å². The molecular formula is C21H24N4O4. The third-order valence-corrected chi connectivity index (χ3v) is 4.87. The molecule has 0 saturated carbocycles. The van der Waals surface area contributed by atoms with Crippen LogP contribution in [0.2, 0.25) is 0 Å². The number of hydrogen-bond acceptors (Lipinski definition) is 6. The molecule has 1 heterocycles. The van der Waals surface area contributed by atoms with Gasteiger partial charge in [-0.2, -0.15) is 5.10 Å². The normalized spacial score (nSPS) is 15.3. The molecule has 8 heteroatoms. The Hall–Kier alpha value is -3.26.